The van der Waals surface area contributed by atoms with Crippen molar-refractivity contribution in [2.45, 2.75) is 0 Å². The van der Waals surface area contributed by atoms with Crippen LogP contribution in [0.1, 0.15) is 5.56 Å². The lowest BCUT2D eigenvalue weighted by molar-refractivity contribution is 0.450. The van der Waals surface area contributed by atoms with E-state index in [1.54, 1.807) is 5.38 Å². The minimum atomic E-state index is -0.0232. The predicted molar refractivity (Wildman–Crippen MR) is 67.5 cm³/mol. The summed E-state index contributed by atoms with van der Waals surface area (Å²) in [5, 5.41) is 24.7. The van der Waals surface area contributed by atoms with Gasteiger partial charge in [0.2, 0.25) is 5.13 Å². The molecular formula is C10H10N4O2S. The molecule has 0 fully saturated rings. The molecule has 1 aromatic heterocycles. The third-order valence-corrected chi connectivity index (χ3v) is 2.59. The zero-order valence-electron chi connectivity index (χ0n) is 8.66. The predicted octanol–water partition coefficient (Wildman–Crippen LogP) is 1.58. The van der Waals surface area contributed by atoms with Crippen molar-refractivity contribution in [3.8, 4) is 11.5 Å². The van der Waals surface area contributed by atoms with Gasteiger partial charge in [-0.15, -0.1) is 11.3 Å². The molecule has 17 heavy (non-hydrogen) atoms. The Morgan fingerprint density at radius 1 is 1.29 bits per heavy atom. The fourth-order valence-corrected chi connectivity index (χ4v) is 1.74. The molecule has 0 aliphatic heterocycles. The molecule has 2 rings (SSSR count). The number of nitrogens with one attached hydrogen (secondary N) is 1. The standard InChI is InChI=1S/C10H10N4O2S/c11-9-5-17-10(13-9)14-12-4-6-1-7(15)3-8(16)2-6/h1-5,15-16H,11H2,(H,13,14). The van der Waals surface area contributed by atoms with E-state index in [1.165, 1.54) is 35.8 Å². The van der Waals surface area contributed by atoms with E-state index in [4.69, 9.17) is 5.73 Å². The summed E-state index contributed by atoms with van der Waals surface area (Å²) in [6.07, 6.45) is 1.46. The Kier molecular flexibility index (Phi) is 3.10. The highest BCUT2D eigenvalue weighted by Crippen LogP contribution is 2.19. The Morgan fingerprint density at radius 3 is 2.59 bits per heavy atom. The quantitative estimate of drug-likeness (QED) is 0.489. The average Bonchev–Trinajstić information content (AvgIpc) is 2.63. The van der Waals surface area contributed by atoms with Crippen LogP contribution in [0.2, 0.25) is 0 Å². The van der Waals surface area contributed by atoms with Crippen molar-refractivity contribution in [1.82, 2.24) is 4.98 Å². The number of hydrogen-bond donors (Lipinski definition) is 4. The van der Waals surface area contributed by atoms with E-state index in [9.17, 15) is 10.2 Å². The average molecular weight is 250 g/mol. The molecule has 2 aromatic rings. The van der Waals surface area contributed by atoms with E-state index in [1.807, 2.05) is 0 Å². The summed E-state index contributed by atoms with van der Waals surface area (Å²) in [5.74, 6) is 0.387. The van der Waals surface area contributed by atoms with Crippen molar-refractivity contribution < 1.29 is 10.2 Å². The van der Waals surface area contributed by atoms with E-state index in [2.05, 4.69) is 15.5 Å². The van der Waals surface area contributed by atoms with Gasteiger partial charge in [-0.1, -0.05) is 0 Å². The SMILES string of the molecule is Nc1csc(NN=Cc2cc(O)cc(O)c2)n1. The summed E-state index contributed by atoms with van der Waals surface area (Å²) in [5.41, 5.74) is 8.70. The number of hydrazone groups is 1. The maximum atomic E-state index is 9.24. The zero-order valence-corrected chi connectivity index (χ0v) is 9.48. The van der Waals surface area contributed by atoms with Crippen molar-refractivity contribution in [2.24, 2.45) is 5.10 Å². The van der Waals surface area contributed by atoms with E-state index in [0.29, 0.717) is 16.5 Å². The molecule has 6 nitrogen and oxygen atoms in total. The van der Waals surface area contributed by atoms with Gasteiger partial charge in [-0.2, -0.15) is 5.10 Å². The Morgan fingerprint density at radius 2 is 2.00 bits per heavy atom. The van der Waals surface area contributed by atoms with Crippen LogP contribution in [0.5, 0.6) is 11.5 Å². The second-order valence-corrected chi connectivity index (χ2v) is 4.09. The summed E-state index contributed by atoms with van der Waals surface area (Å²) in [6.45, 7) is 0. The van der Waals surface area contributed by atoms with Crippen molar-refractivity contribution in [2.75, 3.05) is 11.2 Å². The molecular weight excluding hydrogens is 240 g/mol. The molecule has 1 aromatic carbocycles. The number of thiazole rings is 1. The maximum absolute atomic E-state index is 9.24. The maximum Gasteiger partial charge on any atom is 0.205 e. The van der Waals surface area contributed by atoms with Crippen LogP contribution in [0.25, 0.3) is 0 Å². The molecule has 0 radical (unpaired) electrons. The normalized spacial score (nSPS) is 10.8. The number of phenolic OH excluding ortho intramolecular Hbond substituents is 2. The Balaban J connectivity index is 2.05. The molecule has 0 saturated carbocycles. The molecule has 0 spiro atoms. The molecule has 0 saturated heterocycles. The number of rotatable bonds is 3. The summed E-state index contributed by atoms with van der Waals surface area (Å²) in [6, 6.07) is 4.19. The highest BCUT2D eigenvalue weighted by molar-refractivity contribution is 7.14. The third-order valence-electron chi connectivity index (χ3n) is 1.82. The Bertz CT molecular complexity index is 533. The molecule has 88 valence electrons. The van der Waals surface area contributed by atoms with Gasteiger partial charge in [0.05, 0.1) is 6.21 Å². The van der Waals surface area contributed by atoms with E-state index in [0.717, 1.165) is 0 Å². The van der Waals surface area contributed by atoms with Crippen LogP contribution in [-0.4, -0.2) is 21.4 Å². The molecule has 5 N–H and O–H groups in total. The number of nitrogen functional groups attached to an aromatic ring is 1. The molecule has 1 heterocycles. The second-order valence-electron chi connectivity index (χ2n) is 3.23. The van der Waals surface area contributed by atoms with Crippen LogP contribution in [0.3, 0.4) is 0 Å². The number of anilines is 2. The lowest BCUT2D eigenvalue weighted by Crippen LogP contribution is -1.91. The first-order valence-corrected chi connectivity index (χ1v) is 5.54. The van der Waals surface area contributed by atoms with Crippen molar-refractivity contribution >= 4 is 28.5 Å². The Labute approximate surface area is 101 Å². The highest BCUT2D eigenvalue weighted by atomic mass is 32.1. The summed E-state index contributed by atoms with van der Waals surface area (Å²) < 4.78 is 0. The molecule has 0 unspecified atom stereocenters. The minimum Gasteiger partial charge on any atom is -0.508 e. The first kappa shape index (κ1) is 11.2. The fourth-order valence-electron chi connectivity index (χ4n) is 1.19. The molecule has 0 bridgehead atoms. The first-order chi connectivity index (χ1) is 8.13. The van der Waals surface area contributed by atoms with Crippen LogP contribution < -0.4 is 11.2 Å². The van der Waals surface area contributed by atoms with Gasteiger partial charge in [0.1, 0.15) is 17.3 Å². The third kappa shape index (κ3) is 3.08. The molecule has 0 aliphatic rings. The lowest BCUT2D eigenvalue weighted by atomic mass is 10.2. The van der Waals surface area contributed by atoms with E-state index >= 15 is 0 Å². The molecule has 0 amide bonds. The van der Waals surface area contributed by atoms with Crippen molar-refractivity contribution in [1.29, 1.82) is 0 Å². The smallest absolute Gasteiger partial charge is 0.205 e. The van der Waals surface area contributed by atoms with Crippen LogP contribution in [0.15, 0.2) is 28.7 Å². The highest BCUT2D eigenvalue weighted by Gasteiger charge is 1.97. The minimum absolute atomic E-state index is 0.0232. The van der Waals surface area contributed by atoms with Crippen LogP contribution in [0, 0.1) is 0 Å². The van der Waals surface area contributed by atoms with Crippen LogP contribution in [0.4, 0.5) is 10.9 Å². The second kappa shape index (κ2) is 4.71. The number of phenols is 2. The van der Waals surface area contributed by atoms with Gasteiger partial charge in [0.15, 0.2) is 0 Å². The Hall–Kier alpha value is -2.28. The van der Waals surface area contributed by atoms with Gasteiger partial charge in [0, 0.05) is 17.0 Å². The lowest BCUT2D eigenvalue weighted by Gasteiger charge is -1.97. The van der Waals surface area contributed by atoms with Gasteiger partial charge in [-0.05, 0) is 12.1 Å². The molecule has 0 atom stereocenters. The molecule has 0 aliphatic carbocycles. The number of nitrogens with two attached hydrogens (primary N) is 1. The van der Waals surface area contributed by atoms with Crippen molar-refractivity contribution in [3.63, 3.8) is 0 Å². The zero-order chi connectivity index (χ0) is 12.3. The number of nitrogens with zero attached hydrogens (tertiary/aromatic N) is 2. The number of benzene rings is 1. The number of hydrogen-bond acceptors (Lipinski definition) is 7. The van der Waals surface area contributed by atoms with E-state index < -0.39 is 0 Å². The van der Waals surface area contributed by atoms with Gasteiger partial charge >= 0.3 is 0 Å². The van der Waals surface area contributed by atoms with Crippen LogP contribution in [-0.2, 0) is 0 Å². The van der Waals surface area contributed by atoms with Gasteiger partial charge in [-0.3, -0.25) is 5.43 Å². The summed E-state index contributed by atoms with van der Waals surface area (Å²) in [4.78, 5) is 3.95. The van der Waals surface area contributed by atoms with Gasteiger partial charge in [0.25, 0.3) is 0 Å². The van der Waals surface area contributed by atoms with Crippen molar-refractivity contribution in [3.05, 3.63) is 29.1 Å². The fraction of sp³-hybridized carbons (Fsp3) is 0. The number of aromatic nitrogens is 1. The monoisotopic (exact) mass is 250 g/mol. The van der Waals surface area contributed by atoms with Gasteiger partial charge < -0.3 is 15.9 Å². The summed E-state index contributed by atoms with van der Waals surface area (Å²) >= 11 is 1.33. The van der Waals surface area contributed by atoms with Gasteiger partial charge in [-0.25, -0.2) is 4.98 Å². The topological polar surface area (TPSA) is 104 Å². The first-order valence-electron chi connectivity index (χ1n) is 4.66. The largest absolute Gasteiger partial charge is 0.508 e. The summed E-state index contributed by atoms with van der Waals surface area (Å²) in [7, 11) is 0. The number of aromatic hydroxyl groups is 2. The molecule has 7 heteroatoms. The van der Waals surface area contributed by atoms with Crippen LogP contribution >= 0.6 is 11.3 Å². The van der Waals surface area contributed by atoms with E-state index in [-0.39, 0.29) is 11.5 Å².